The number of urea groups is 3. The number of carboxylic acid groups (broad SMARTS) is 1. The topological polar surface area (TPSA) is 242 Å². The number of imide groups is 1. The predicted octanol–water partition coefficient (Wildman–Crippen LogP) is 3.04. The van der Waals surface area contributed by atoms with Gasteiger partial charge in [0.15, 0.2) is 34.7 Å². The molecule has 0 radical (unpaired) electrons. The molecule has 3 aromatic carbocycles. The van der Waals surface area contributed by atoms with E-state index < -0.39 is 123 Å². The highest BCUT2D eigenvalue weighted by Gasteiger charge is 2.43. The number of hydrogen-bond acceptors (Lipinski definition) is 10. The highest BCUT2D eigenvalue weighted by molar-refractivity contribution is 6.47. The van der Waals surface area contributed by atoms with Crippen LogP contribution in [0.1, 0.15) is 40.4 Å². The molecule has 2 atom stereocenters. The molecule has 17 nitrogen and oxygen atoms in total. The maximum Gasteiger partial charge on any atom is 0.547 e. The summed E-state index contributed by atoms with van der Waals surface area (Å²) < 4.78 is 61.7. The molecule has 2 fully saturated rings. The summed E-state index contributed by atoms with van der Waals surface area (Å²) in [6, 6.07) is -0.984. The minimum atomic E-state index is -2.01. The molecule has 1 unspecified atom stereocenters. The van der Waals surface area contributed by atoms with Crippen molar-refractivity contribution in [2.24, 2.45) is 0 Å². The molecule has 0 aromatic heterocycles. The number of benzene rings is 3. The summed E-state index contributed by atoms with van der Waals surface area (Å²) in [5, 5.41) is 55.8. The number of nitrogens with zero attached hydrogens (tertiary/aromatic N) is 3. The van der Waals surface area contributed by atoms with Gasteiger partial charge in [0.1, 0.15) is 23.2 Å². The van der Waals surface area contributed by atoms with Gasteiger partial charge in [-0.3, -0.25) is 4.79 Å². The minimum Gasteiger partial charge on any atom is -0.534 e. The number of hydrogen-bond donors (Lipinski definition) is 8. The van der Waals surface area contributed by atoms with Crippen molar-refractivity contribution >= 4 is 54.4 Å². The standard InChI is InChI=1S/C33H30BClF4N6O11/c35-22-15(12-18(38)26(47)27(22)48)24(29(49)41-20-11-13-1-2-16(36)21(30(50)51)28(13)56-34(20)55)42-32(53)45-10-9-44(33(45)54)14-5-7-43(8-6-14)31(52)40-19-4-3-17(37)25(46)23(19)39/h1-4,12,14,20,24,46-48,55H,5-11H2,(H,40,52)(H,41,49)(H,42,53)(H,50,51)/t20-,24?/m0/s1. The molecule has 23 heteroatoms. The SMILES string of the molecule is O=C(O)c1c(F)ccc2c1OB(O)[C@@H](NC(=O)C(NC(=O)N1CCN(C3CCN(C(=O)Nc4ccc(F)c(O)c4F)CC3)C1=O)c1cc(F)c(O)c(O)c1Cl)C2. The zero-order chi connectivity index (χ0) is 40.7. The van der Waals surface area contributed by atoms with Gasteiger partial charge in [-0.15, -0.1) is 0 Å². The second-order valence-corrected chi connectivity index (χ2v) is 13.3. The summed E-state index contributed by atoms with van der Waals surface area (Å²) >= 11 is 6.17. The number of piperidine rings is 1. The molecule has 3 heterocycles. The van der Waals surface area contributed by atoms with Gasteiger partial charge < -0.3 is 55.9 Å². The largest absolute Gasteiger partial charge is 0.547 e. The van der Waals surface area contributed by atoms with Crippen molar-refractivity contribution in [2.75, 3.05) is 31.5 Å². The molecule has 0 aliphatic carbocycles. The maximum absolute atomic E-state index is 14.7. The highest BCUT2D eigenvalue weighted by atomic mass is 35.5. The molecule has 296 valence electrons. The molecule has 0 spiro atoms. The summed E-state index contributed by atoms with van der Waals surface area (Å²) in [5.74, 6) is -13.6. The number of carbonyl (C=O) groups excluding carboxylic acids is 4. The molecule has 3 aliphatic heterocycles. The second-order valence-electron chi connectivity index (χ2n) is 12.9. The van der Waals surface area contributed by atoms with Crippen molar-refractivity contribution < 1.29 is 71.6 Å². The van der Waals surface area contributed by atoms with E-state index in [-0.39, 0.29) is 51.0 Å². The van der Waals surface area contributed by atoms with Gasteiger partial charge in [-0.25, -0.2) is 41.6 Å². The fourth-order valence-electron chi connectivity index (χ4n) is 6.64. The molecule has 6 rings (SSSR count). The van der Waals surface area contributed by atoms with Gasteiger partial charge in [-0.1, -0.05) is 17.7 Å². The van der Waals surface area contributed by atoms with Gasteiger partial charge in [0.25, 0.3) is 0 Å². The first-order chi connectivity index (χ1) is 26.5. The van der Waals surface area contributed by atoms with E-state index in [2.05, 4.69) is 16.0 Å². The number of phenolic OH excluding ortho intramolecular Hbond substituents is 3. The first kappa shape index (κ1) is 39.5. The summed E-state index contributed by atoms with van der Waals surface area (Å²) in [5.41, 5.74) is -1.83. The number of aromatic carboxylic acids is 1. The van der Waals surface area contributed by atoms with E-state index in [4.69, 9.17) is 16.3 Å². The summed E-state index contributed by atoms with van der Waals surface area (Å²) in [4.78, 5) is 68.6. The molecule has 3 aliphatic rings. The number of carbonyl (C=O) groups is 5. The highest BCUT2D eigenvalue weighted by Crippen LogP contribution is 2.41. The van der Waals surface area contributed by atoms with Crippen LogP contribution in [0.3, 0.4) is 0 Å². The van der Waals surface area contributed by atoms with Gasteiger partial charge in [0, 0.05) is 37.8 Å². The Balaban J connectivity index is 1.14. The quantitative estimate of drug-likeness (QED) is 0.0981. The van der Waals surface area contributed by atoms with Crippen molar-refractivity contribution in [3.63, 3.8) is 0 Å². The number of anilines is 1. The Morgan fingerprint density at radius 2 is 1.57 bits per heavy atom. The minimum absolute atomic E-state index is 0.0133. The fourth-order valence-corrected chi connectivity index (χ4v) is 6.89. The lowest BCUT2D eigenvalue weighted by Gasteiger charge is -2.36. The number of likely N-dealkylation sites (tertiary alicyclic amines) is 1. The van der Waals surface area contributed by atoms with Crippen LogP contribution in [0.25, 0.3) is 0 Å². The lowest BCUT2D eigenvalue weighted by Crippen LogP contribution is -2.56. The zero-order valence-electron chi connectivity index (χ0n) is 28.6. The number of rotatable bonds is 7. The van der Waals surface area contributed by atoms with Crippen LogP contribution in [0.5, 0.6) is 23.0 Å². The molecule has 2 saturated heterocycles. The Hall–Kier alpha value is -6.16. The third-order valence-corrected chi connectivity index (χ3v) is 9.97. The van der Waals surface area contributed by atoms with Crippen LogP contribution in [0.4, 0.5) is 37.6 Å². The maximum atomic E-state index is 14.7. The van der Waals surface area contributed by atoms with E-state index in [0.717, 1.165) is 29.2 Å². The van der Waals surface area contributed by atoms with Crippen LogP contribution >= 0.6 is 11.6 Å². The Labute approximate surface area is 318 Å². The number of aromatic hydroxyl groups is 3. The van der Waals surface area contributed by atoms with E-state index in [9.17, 15) is 67.0 Å². The molecular weight excluding hydrogens is 779 g/mol. The second kappa shape index (κ2) is 15.5. The zero-order valence-corrected chi connectivity index (χ0v) is 29.3. The smallest absolute Gasteiger partial charge is 0.534 e. The average Bonchev–Trinajstić information content (AvgIpc) is 3.55. The third-order valence-electron chi connectivity index (χ3n) is 9.57. The normalized spacial score (nSPS) is 17.6. The van der Waals surface area contributed by atoms with Gasteiger partial charge in [0.2, 0.25) is 5.91 Å². The Morgan fingerprint density at radius 3 is 2.25 bits per heavy atom. The van der Waals surface area contributed by atoms with Crippen LogP contribution in [0.2, 0.25) is 5.02 Å². The summed E-state index contributed by atoms with van der Waals surface area (Å²) in [6.07, 6.45) is 0.112. The number of phenols is 3. The van der Waals surface area contributed by atoms with Gasteiger partial charge in [0.05, 0.1) is 16.7 Å². The van der Waals surface area contributed by atoms with E-state index in [1.54, 1.807) is 0 Å². The van der Waals surface area contributed by atoms with Crippen LogP contribution < -0.4 is 20.6 Å². The fraction of sp³-hybridized carbons (Fsp3) is 0.303. The summed E-state index contributed by atoms with van der Waals surface area (Å²) in [6.45, 7) is -0.0405. The van der Waals surface area contributed by atoms with Crippen molar-refractivity contribution in [1.82, 2.24) is 25.3 Å². The number of amides is 7. The van der Waals surface area contributed by atoms with Crippen molar-refractivity contribution in [2.45, 2.75) is 37.3 Å². The van der Waals surface area contributed by atoms with Crippen molar-refractivity contribution in [3.05, 3.63) is 75.3 Å². The van der Waals surface area contributed by atoms with Crippen molar-refractivity contribution in [3.8, 4) is 23.0 Å². The number of nitrogens with one attached hydrogen (secondary N) is 3. The van der Waals surface area contributed by atoms with E-state index in [1.165, 1.54) is 9.80 Å². The third kappa shape index (κ3) is 7.43. The van der Waals surface area contributed by atoms with Crippen LogP contribution in [0.15, 0.2) is 30.3 Å². The molecular formula is C33H30BClF4N6O11. The monoisotopic (exact) mass is 808 g/mol. The van der Waals surface area contributed by atoms with Crippen LogP contribution in [-0.2, 0) is 11.2 Å². The molecule has 56 heavy (non-hydrogen) atoms. The number of carboxylic acids is 1. The van der Waals surface area contributed by atoms with E-state index in [1.807, 2.05) is 0 Å². The lowest BCUT2D eigenvalue weighted by molar-refractivity contribution is -0.123. The Kier molecular flexibility index (Phi) is 11.0. The van der Waals surface area contributed by atoms with Gasteiger partial charge >= 0.3 is 31.2 Å². The molecule has 7 amide bonds. The first-order valence-electron chi connectivity index (χ1n) is 16.7. The molecule has 8 N–H and O–H groups in total. The number of halogens is 5. The van der Waals surface area contributed by atoms with E-state index >= 15 is 0 Å². The molecule has 3 aromatic rings. The van der Waals surface area contributed by atoms with E-state index in [0.29, 0.717) is 6.07 Å². The summed E-state index contributed by atoms with van der Waals surface area (Å²) in [7, 11) is -1.97. The molecule has 0 bridgehead atoms. The Morgan fingerprint density at radius 1 is 0.893 bits per heavy atom. The lowest BCUT2D eigenvalue weighted by atomic mass is 9.72. The van der Waals surface area contributed by atoms with Crippen LogP contribution in [-0.4, -0.2) is 115 Å². The first-order valence-corrected chi connectivity index (χ1v) is 17.1. The molecule has 0 saturated carbocycles. The average molecular weight is 809 g/mol. The van der Waals surface area contributed by atoms with Gasteiger partial charge in [-0.05, 0) is 49.1 Å². The van der Waals surface area contributed by atoms with Crippen molar-refractivity contribution in [1.29, 1.82) is 0 Å². The van der Waals surface area contributed by atoms with Gasteiger partial charge in [-0.2, -0.15) is 0 Å². The number of fused-ring (bicyclic) bond motifs is 1. The predicted molar refractivity (Wildman–Crippen MR) is 184 cm³/mol. The van der Waals surface area contributed by atoms with Crippen LogP contribution in [0, 0.1) is 23.3 Å². The Bertz CT molecular complexity index is 2150.